The van der Waals surface area contributed by atoms with E-state index in [-0.39, 0.29) is 5.56 Å². The summed E-state index contributed by atoms with van der Waals surface area (Å²) < 4.78 is 39.9. The van der Waals surface area contributed by atoms with Gasteiger partial charge in [0.2, 0.25) is 0 Å². The molecule has 0 aliphatic rings. The van der Waals surface area contributed by atoms with Gasteiger partial charge in [-0.3, -0.25) is 0 Å². The molecule has 0 aliphatic heterocycles. The molecule has 0 spiro atoms. The maximum atomic E-state index is 13.3. The van der Waals surface area contributed by atoms with Crippen LogP contribution >= 0.6 is 0 Å². The number of hydrogen-bond donors (Lipinski definition) is 1. The monoisotopic (exact) mass is 273 g/mol. The van der Waals surface area contributed by atoms with Gasteiger partial charge in [0.05, 0.1) is 0 Å². The van der Waals surface area contributed by atoms with Gasteiger partial charge in [0, 0.05) is 0 Å². The fourth-order valence-corrected chi connectivity index (χ4v) is 2.03. The van der Waals surface area contributed by atoms with Crippen molar-refractivity contribution in [3.05, 3.63) is 35.4 Å². The van der Waals surface area contributed by atoms with E-state index < -0.39 is 11.7 Å². The normalized spacial score (nSPS) is 15.3. The van der Waals surface area contributed by atoms with Gasteiger partial charge in [-0.15, -0.1) is 0 Å². The molecule has 0 amide bonds. The number of hydrogen-bond acceptors (Lipinski definition) is 1. The minimum absolute atomic E-state index is 0.272. The van der Waals surface area contributed by atoms with Crippen LogP contribution in [0.25, 0.3) is 0 Å². The Morgan fingerprint density at radius 1 is 1.00 bits per heavy atom. The number of nitrogens with one attached hydrogen (secondary N) is 1. The molecule has 19 heavy (non-hydrogen) atoms. The Kier molecular flexibility index (Phi) is 5.41. The van der Waals surface area contributed by atoms with E-state index >= 15 is 0 Å². The Morgan fingerprint density at radius 3 is 2.00 bits per heavy atom. The molecule has 0 saturated heterocycles. The predicted octanol–water partition coefficient (Wildman–Crippen LogP) is 4.42. The van der Waals surface area contributed by atoms with Gasteiger partial charge in [-0.1, -0.05) is 44.5 Å². The molecular formula is C15H22F3N. The summed E-state index contributed by atoms with van der Waals surface area (Å²) in [5.41, 5.74) is -0.632. The molecule has 1 rings (SSSR count). The minimum Gasteiger partial charge on any atom is -0.300 e. The number of alkyl halides is 3. The molecule has 0 heterocycles. The summed E-state index contributed by atoms with van der Waals surface area (Å²) in [7, 11) is 0. The quantitative estimate of drug-likeness (QED) is 0.809. The fraction of sp³-hybridized carbons (Fsp3) is 0.600. The van der Waals surface area contributed by atoms with Crippen molar-refractivity contribution in [3.8, 4) is 0 Å². The molecule has 1 aromatic carbocycles. The van der Waals surface area contributed by atoms with Crippen LogP contribution in [-0.2, 0) is 12.0 Å². The van der Waals surface area contributed by atoms with Crippen molar-refractivity contribution in [2.24, 2.45) is 0 Å². The summed E-state index contributed by atoms with van der Waals surface area (Å²) in [6, 6.07) is 6.75. The van der Waals surface area contributed by atoms with E-state index in [0.29, 0.717) is 13.0 Å². The summed E-state index contributed by atoms with van der Waals surface area (Å²) in [4.78, 5) is 0. The van der Waals surface area contributed by atoms with Crippen LogP contribution in [0.15, 0.2) is 24.3 Å². The van der Waals surface area contributed by atoms with Crippen LogP contribution in [-0.4, -0.2) is 12.7 Å². The van der Waals surface area contributed by atoms with Crippen molar-refractivity contribution in [1.29, 1.82) is 0 Å². The highest BCUT2D eigenvalue weighted by atomic mass is 19.4. The van der Waals surface area contributed by atoms with Crippen molar-refractivity contribution in [1.82, 2.24) is 5.32 Å². The molecule has 1 aromatic rings. The Balaban J connectivity index is 3.04. The van der Waals surface area contributed by atoms with Crippen molar-refractivity contribution in [3.63, 3.8) is 0 Å². The summed E-state index contributed by atoms with van der Waals surface area (Å²) >= 11 is 0. The van der Waals surface area contributed by atoms with E-state index in [1.54, 1.807) is 24.3 Å². The lowest BCUT2D eigenvalue weighted by Crippen LogP contribution is -2.51. The van der Waals surface area contributed by atoms with Crippen molar-refractivity contribution >= 4 is 0 Å². The van der Waals surface area contributed by atoms with E-state index in [2.05, 4.69) is 12.2 Å². The summed E-state index contributed by atoms with van der Waals surface area (Å²) in [5.74, 6) is 0. The number of halogens is 3. The molecule has 0 saturated carbocycles. The third kappa shape index (κ3) is 3.72. The van der Waals surface area contributed by atoms with Gasteiger partial charge in [-0.25, -0.2) is 0 Å². The second-order valence-corrected chi connectivity index (χ2v) is 5.00. The lowest BCUT2D eigenvalue weighted by atomic mass is 9.90. The maximum Gasteiger partial charge on any atom is 0.410 e. The first-order chi connectivity index (χ1) is 8.85. The first-order valence-corrected chi connectivity index (χ1v) is 6.76. The van der Waals surface area contributed by atoms with Gasteiger partial charge in [0.15, 0.2) is 0 Å². The Hall–Kier alpha value is -1.03. The second kappa shape index (κ2) is 6.42. The third-order valence-electron chi connectivity index (χ3n) is 3.37. The predicted molar refractivity (Wildman–Crippen MR) is 72.1 cm³/mol. The molecule has 0 radical (unpaired) electrons. The third-order valence-corrected chi connectivity index (χ3v) is 3.37. The number of benzene rings is 1. The minimum atomic E-state index is -4.31. The van der Waals surface area contributed by atoms with Gasteiger partial charge >= 0.3 is 6.18 Å². The van der Waals surface area contributed by atoms with Crippen molar-refractivity contribution in [2.75, 3.05) is 6.54 Å². The molecule has 0 fully saturated rings. The molecule has 1 nitrogen and oxygen atoms in total. The molecular weight excluding hydrogens is 251 g/mol. The standard InChI is InChI=1S/C15H22F3N/c1-4-6-12-7-9-13(10-8-12)14(3,15(16,17)18)19-11-5-2/h7-10,19H,4-6,11H2,1-3H3. The summed E-state index contributed by atoms with van der Waals surface area (Å²) in [6.07, 6.45) is -1.76. The lowest BCUT2D eigenvalue weighted by molar-refractivity contribution is -0.195. The van der Waals surface area contributed by atoms with Crippen molar-refractivity contribution < 1.29 is 13.2 Å². The highest BCUT2D eigenvalue weighted by molar-refractivity contribution is 5.29. The summed E-state index contributed by atoms with van der Waals surface area (Å²) in [6.45, 7) is 5.45. The highest BCUT2D eigenvalue weighted by Gasteiger charge is 2.51. The maximum absolute atomic E-state index is 13.3. The zero-order valence-electron chi connectivity index (χ0n) is 11.8. The number of aryl methyl sites for hydroxylation is 1. The molecule has 108 valence electrons. The smallest absolute Gasteiger partial charge is 0.300 e. The van der Waals surface area contributed by atoms with E-state index in [4.69, 9.17) is 0 Å². The second-order valence-electron chi connectivity index (χ2n) is 5.00. The van der Waals surface area contributed by atoms with E-state index in [1.165, 1.54) is 6.92 Å². The van der Waals surface area contributed by atoms with Crippen LogP contribution in [0.2, 0.25) is 0 Å². The highest BCUT2D eigenvalue weighted by Crippen LogP contribution is 2.38. The molecule has 0 aromatic heterocycles. The van der Waals surface area contributed by atoms with Crippen molar-refractivity contribution in [2.45, 2.75) is 51.7 Å². The van der Waals surface area contributed by atoms with E-state index in [0.717, 1.165) is 18.4 Å². The zero-order valence-corrected chi connectivity index (χ0v) is 11.8. The summed E-state index contributed by atoms with van der Waals surface area (Å²) in [5, 5.41) is 2.63. The van der Waals surface area contributed by atoms with Gasteiger partial charge in [-0.2, -0.15) is 13.2 Å². The van der Waals surface area contributed by atoms with Crippen LogP contribution in [0.4, 0.5) is 13.2 Å². The van der Waals surface area contributed by atoms with Crippen LogP contribution in [0.1, 0.15) is 44.7 Å². The van der Waals surface area contributed by atoms with Gasteiger partial charge in [0.1, 0.15) is 5.54 Å². The molecule has 1 unspecified atom stereocenters. The molecule has 0 aliphatic carbocycles. The molecule has 4 heteroatoms. The largest absolute Gasteiger partial charge is 0.410 e. The number of rotatable bonds is 6. The molecule has 1 atom stereocenters. The van der Waals surface area contributed by atoms with Crippen LogP contribution in [0.5, 0.6) is 0 Å². The van der Waals surface area contributed by atoms with Gasteiger partial charge in [-0.05, 0) is 37.4 Å². The zero-order chi connectivity index (χ0) is 14.5. The van der Waals surface area contributed by atoms with E-state index in [9.17, 15) is 13.2 Å². The topological polar surface area (TPSA) is 12.0 Å². The molecule has 0 bridgehead atoms. The van der Waals surface area contributed by atoms with Gasteiger partial charge in [0.25, 0.3) is 0 Å². The van der Waals surface area contributed by atoms with Crippen LogP contribution < -0.4 is 5.32 Å². The first kappa shape index (κ1) is 16.0. The SMILES string of the molecule is CCCNC(C)(c1ccc(CCC)cc1)C(F)(F)F. The average molecular weight is 273 g/mol. The molecule has 1 N–H and O–H groups in total. The Morgan fingerprint density at radius 2 is 1.58 bits per heavy atom. The van der Waals surface area contributed by atoms with Crippen LogP contribution in [0.3, 0.4) is 0 Å². The lowest BCUT2D eigenvalue weighted by Gasteiger charge is -2.33. The first-order valence-electron chi connectivity index (χ1n) is 6.76. The van der Waals surface area contributed by atoms with Crippen LogP contribution in [0, 0.1) is 0 Å². The fourth-order valence-electron chi connectivity index (χ4n) is 2.03. The Bertz CT molecular complexity index is 383. The average Bonchev–Trinajstić information content (AvgIpc) is 2.36. The Labute approximate surface area is 113 Å². The van der Waals surface area contributed by atoms with E-state index in [1.807, 2.05) is 6.92 Å². The van der Waals surface area contributed by atoms with Gasteiger partial charge < -0.3 is 5.32 Å².